The van der Waals surface area contributed by atoms with E-state index in [1.807, 2.05) is 35.6 Å². The maximum Gasteiger partial charge on any atom is 0.0407 e. The molecule has 2 aromatic rings. The quantitative estimate of drug-likeness (QED) is 0.796. The smallest absolute Gasteiger partial charge is 0.0407 e. The molecule has 0 atom stereocenters. The van der Waals surface area contributed by atoms with E-state index in [0.717, 1.165) is 30.3 Å². The predicted octanol–water partition coefficient (Wildman–Crippen LogP) is 4.72. The maximum absolute atomic E-state index is 5.88. The fraction of sp³-hybridized carbons (Fsp3) is 0.375. The van der Waals surface area contributed by atoms with Gasteiger partial charge in [-0.25, -0.2) is 0 Å². The van der Waals surface area contributed by atoms with Crippen LogP contribution in [0.25, 0.3) is 0 Å². The number of benzene rings is 1. The molecule has 0 spiro atoms. The van der Waals surface area contributed by atoms with E-state index in [1.165, 1.54) is 4.88 Å². The lowest BCUT2D eigenvalue weighted by Crippen LogP contribution is -2.34. The molecule has 0 saturated carbocycles. The molecule has 0 radical (unpaired) electrons. The number of nitrogens with one attached hydrogen (secondary N) is 1. The fourth-order valence-corrected chi connectivity index (χ4v) is 2.89. The Bertz CT molecular complexity index is 494. The second-order valence-electron chi connectivity index (χ2n) is 5.08. The Labute approximate surface area is 130 Å². The van der Waals surface area contributed by atoms with Crippen molar-refractivity contribution >= 4 is 28.6 Å². The summed E-state index contributed by atoms with van der Waals surface area (Å²) in [6, 6.07) is 12.7. The van der Waals surface area contributed by atoms with Crippen molar-refractivity contribution < 1.29 is 0 Å². The number of thiophene rings is 1. The van der Waals surface area contributed by atoms with Crippen LogP contribution in [-0.2, 0) is 6.54 Å². The van der Waals surface area contributed by atoms with Crippen LogP contribution in [0, 0.1) is 0 Å². The lowest BCUT2D eigenvalue weighted by atomic mass is 10.3. The zero-order valence-corrected chi connectivity index (χ0v) is 13.5. The van der Waals surface area contributed by atoms with Gasteiger partial charge in [-0.15, -0.1) is 11.3 Å². The van der Waals surface area contributed by atoms with Crippen LogP contribution in [0.3, 0.4) is 0 Å². The van der Waals surface area contributed by atoms with Gasteiger partial charge in [0.1, 0.15) is 0 Å². The van der Waals surface area contributed by atoms with E-state index in [-0.39, 0.29) is 0 Å². The van der Waals surface area contributed by atoms with Crippen molar-refractivity contribution in [3.63, 3.8) is 0 Å². The fourth-order valence-electron chi connectivity index (χ4n) is 2.03. The van der Waals surface area contributed by atoms with E-state index in [2.05, 4.69) is 41.6 Å². The normalized spacial score (nSPS) is 11.2. The first-order valence-electron chi connectivity index (χ1n) is 6.91. The van der Waals surface area contributed by atoms with Crippen LogP contribution in [0.5, 0.6) is 0 Å². The number of halogens is 1. The molecule has 2 rings (SSSR count). The van der Waals surface area contributed by atoms with E-state index < -0.39 is 0 Å². The first kappa shape index (κ1) is 15.4. The van der Waals surface area contributed by atoms with Crippen LogP contribution in [0.15, 0.2) is 41.8 Å². The third-order valence-corrected chi connectivity index (χ3v) is 4.35. The van der Waals surface area contributed by atoms with Gasteiger partial charge in [-0.3, -0.25) is 4.90 Å². The predicted molar refractivity (Wildman–Crippen MR) is 89.8 cm³/mol. The van der Waals surface area contributed by atoms with E-state index >= 15 is 0 Å². The average Bonchev–Trinajstić information content (AvgIpc) is 2.92. The highest BCUT2D eigenvalue weighted by Gasteiger charge is 2.10. The van der Waals surface area contributed by atoms with Gasteiger partial charge in [0.15, 0.2) is 0 Å². The summed E-state index contributed by atoms with van der Waals surface area (Å²) in [4.78, 5) is 3.90. The Morgan fingerprint density at radius 2 is 1.95 bits per heavy atom. The zero-order valence-electron chi connectivity index (χ0n) is 12.0. The molecule has 0 amide bonds. The molecule has 1 heterocycles. The van der Waals surface area contributed by atoms with E-state index in [1.54, 1.807) is 0 Å². The second kappa shape index (κ2) is 7.67. The molecule has 0 aliphatic carbocycles. The van der Waals surface area contributed by atoms with Crippen LogP contribution < -0.4 is 5.32 Å². The molecule has 0 aliphatic heterocycles. The Hall–Kier alpha value is -1.03. The molecule has 0 fully saturated rings. The summed E-state index contributed by atoms with van der Waals surface area (Å²) in [6.07, 6.45) is 0. The molecule has 1 aromatic heterocycles. The Kier molecular flexibility index (Phi) is 5.89. The van der Waals surface area contributed by atoms with Gasteiger partial charge in [-0.05, 0) is 49.6 Å². The lowest BCUT2D eigenvalue weighted by Gasteiger charge is -2.26. The largest absolute Gasteiger partial charge is 0.384 e. The van der Waals surface area contributed by atoms with Crippen LogP contribution in [0.4, 0.5) is 5.69 Å². The highest BCUT2D eigenvalue weighted by Crippen LogP contribution is 2.15. The average molecular weight is 309 g/mol. The molecule has 2 nitrogen and oxygen atoms in total. The van der Waals surface area contributed by atoms with Crippen LogP contribution in [-0.4, -0.2) is 24.0 Å². The summed E-state index contributed by atoms with van der Waals surface area (Å²) < 4.78 is 0. The van der Waals surface area contributed by atoms with Crippen LogP contribution in [0.1, 0.15) is 18.7 Å². The number of rotatable bonds is 7. The van der Waals surface area contributed by atoms with Crippen LogP contribution in [0.2, 0.25) is 5.02 Å². The molecule has 108 valence electrons. The minimum atomic E-state index is 0.545. The molecule has 4 heteroatoms. The van der Waals surface area contributed by atoms with Gasteiger partial charge in [0.05, 0.1) is 0 Å². The number of hydrogen-bond donors (Lipinski definition) is 1. The summed E-state index contributed by atoms with van der Waals surface area (Å²) in [5, 5.41) is 6.35. The van der Waals surface area contributed by atoms with E-state index in [4.69, 9.17) is 11.6 Å². The number of nitrogens with zero attached hydrogens (tertiary/aromatic N) is 1. The standard InChI is InChI=1S/C16H21ClN2S/c1-13(2)19(12-16-4-3-11-20-16)10-9-18-15-7-5-14(17)6-8-15/h3-8,11,13,18H,9-10,12H2,1-2H3. The molecule has 1 aromatic carbocycles. The minimum absolute atomic E-state index is 0.545. The SMILES string of the molecule is CC(C)N(CCNc1ccc(Cl)cc1)Cc1cccs1. The second-order valence-corrected chi connectivity index (χ2v) is 6.55. The highest BCUT2D eigenvalue weighted by atomic mass is 35.5. The van der Waals surface area contributed by atoms with Crippen molar-refractivity contribution in [2.24, 2.45) is 0 Å². The monoisotopic (exact) mass is 308 g/mol. The lowest BCUT2D eigenvalue weighted by molar-refractivity contribution is 0.223. The Morgan fingerprint density at radius 1 is 1.20 bits per heavy atom. The van der Waals surface area contributed by atoms with Crippen LogP contribution >= 0.6 is 22.9 Å². The van der Waals surface area contributed by atoms with Gasteiger partial charge in [0.25, 0.3) is 0 Å². The zero-order chi connectivity index (χ0) is 14.4. The van der Waals surface area contributed by atoms with E-state index in [0.29, 0.717) is 6.04 Å². The molecule has 0 saturated heterocycles. The summed E-state index contributed by atoms with van der Waals surface area (Å²) in [5.74, 6) is 0. The Balaban J connectivity index is 1.81. The molecule has 0 aliphatic rings. The maximum atomic E-state index is 5.88. The van der Waals surface area contributed by atoms with Gasteiger partial charge >= 0.3 is 0 Å². The third kappa shape index (κ3) is 4.82. The molecule has 0 bridgehead atoms. The van der Waals surface area contributed by atoms with Gasteiger partial charge in [0.2, 0.25) is 0 Å². The number of anilines is 1. The van der Waals surface area contributed by atoms with Crippen molar-refractivity contribution in [2.45, 2.75) is 26.4 Å². The topological polar surface area (TPSA) is 15.3 Å². The van der Waals surface area contributed by atoms with Crippen molar-refractivity contribution in [2.75, 3.05) is 18.4 Å². The van der Waals surface area contributed by atoms with Crippen molar-refractivity contribution in [1.82, 2.24) is 4.90 Å². The van der Waals surface area contributed by atoms with E-state index in [9.17, 15) is 0 Å². The highest BCUT2D eigenvalue weighted by molar-refractivity contribution is 7.09. The van der Waals surface area contributed by atoms with Crippen molar-refractivity contribution in [3.8, 4) is 0 Å². The summed E-state index contributed by atoms with van der Waals surface area (Å²) >= 11 is 7.71. The molecular formula is C16H21ClN2S. The first-order chi connectivity index (χ1) is 9.65. The summed E-state index contributed by atoms with van der Waals surface area (Å²) in [5.41, 5.74) is 1.12. The summed E-state index contributed by atoms with van der Waals surface area (Å²) in [7, 11) is 0. The van der Waals surface area contributed by atoms with Crippen molar-refractivity contribution in [1.29, 1.82) is 0 Å². The van der Waals surface area contributed by atoms with Gasteiger partial charge in [-0.2, -0.15) is 0 Å². The molecular weight excluding hydrogens is 288 g/mol. The third-order valence-electron chi connectivity index (χ3n) is 3.24. The van der Waals surface area contributed by atoms with Gasteiger partial charge in [0, 0.05) is 41.3 Å². The summed E-state index contributed by atoms with van der Waals surface area (Å²) in [6.45, 7) is 7.48. The molecule has 0 unspecified atom stereocenters. The Morgan fingerprint density at radius 3 is 2.55 bits per heavy atom. The van der Waals surface area contributed by atoms with Crippen molar-refractivity contribution in [3.05, 3.63) is 51.7 Å². The number of hydrogen-bond acceptors (Lipinski definition) is 3. The minimum Gasteiger partial charge on any atom is -0.384 e. The molecule has 20 heavy (non-hydrogen) atoms. The van der Waals surface area contributed by atoms with Gasteiger partial charge < -0.3 is 5.32 Å². The first-order valence-corrected chi connectivity index (χ1v) is 8.17. The van der Waals surface area contributed by atoms with Gasteiger partial charge in [-0.1, -0.05) is 17.7 Å². The molecule has 1 N–H and O–H groups in total.